The third-order valence-electron chi connectivity index (χ3n) is 1.84. The van der Waals surface area contributed by atoms with Crippen molar-refractivity contribution in [2.75, 3.05) is 11.9 Å². The fourth-order valence-corrected chi connectivity index (χ4v) is 1.26. The normalized spacial score (nSPS) is 11.3. The summed E-state index contributed by atoms with van der Waals surface area (Å²) < 4.78 is 9.94. The third kappa shape index (κ3) is 2.98. The highest BCUT2D eigenvalue weighted by Gasteiger charge is 2.24. The lowest BCUT2D eigenvalue weighted by Gasteiger charge is -2.20. The molecule has 0 fully saturated rings. The lowest BCUT2D eigenvalue weighted by molar-refractivity contribution is 0.0525. The van der Waals surface area contributed by atoms with Crippen LogP contribution in [0.2, 0.25) is 0 Å². The molecule has 1 heterocycles. The van der Waals surface area contributed by atoms with Gasteiger partial charge in [0.2, 0.25) is 0 Å². The van der Waals surface area contributed by atoms with Crippen LogP contribution in [-0.2, 0) is 4.74 Å². The smallest absolute Gasteiger partial charge is 0.345 e. The standard InChI is InChI=1S/C11H18N2O3/c1-6-15-10(14)8-7(2)16-13-9(8)12-11(3,4)5/h6H2,1-5H3,(H,12,13). The van der Waals surface area contributed by atoms with Crippen molar-refractivity contribution in [1.82, 2.24) is 5.16 Å². The minimum Gasteiger partial charge on any atom is -0.462 e. The number of aryl methyl sites for hydroxylation is 1. The first kappa shape index (κ1) is 12.5. The van der Waals surface area contributed by atoms with Crippen LogP contribution < -0.4 is 5.32 Å². The molecule has 0 aliphatic rings. The fourth-order valence-electron chi connectivity index (χ4n) is 1.26. The Morgan fingerprint density at radius 1 is 1.50 bits per heavy atom. The highest BCUT2D eigenvalue weighted by Crippen LogP contribution is 2.22. The summed E-state index contributed by atoms with van der Waals surface area (Å²) in [6.07, 6.45) is 0. The summed E-state index contributed by atoms with van der Waals surface area (Å²) in [6, 6.07) is 0. The molecular formula is C11H18N2O3. The van der Waals surface area contributed by atoms with Crippen LogP contribution in [0, 0.1) is 6.92 Å². The van der Waals surface area contributed by atoms with Gasteiger partial charge >= 0.3 is 5.97 Å². The molecule has 0 saturated carbocycles. The van der Waals surface area contributed by atoms with E-state index >= 15 is 0 Å². The Hall–Kier alpha value is -1.52. The zero-order chi connectivity index (χ0) is 12.3. The van der Waals surface area contributed by atoms with Crippen LogP contribution in [0.4, 0.5) is 5.82 Å². The highest BCUT2D eigenvalue weighted by molar-refractivity contribution is 5.95. The van der Waals surface area contributed by atoms with Gasteiger partial charge in [0.1, 0.15) is 5.56 Å². The summed E-state index contributed by atoms with van der Waals surface area (Å²) in [5, 5.41) is 6.92. The lowest BCUT2D eigenvalue weighted by Crippen LogP contribution is -2.27. The Morgan fingerprint density at radius 2 is 2.12 bits per heavy atom. The Labute approximate surface area is 95.1 Å². The molecule has 0 aliphatic heterocycles. The van der Waals surface area contributed by atoms with Crippen molar-refractivity contribution in [3.8, 4) is 0 Å². The minimum atomic E-state index is -0.409. The largest absolute Gasteiger partial charge is 0.462 e. The summed E-state index contributed by atoms with van der Waals surface area (Å²) in [5.41, 5.74) is 0.182. The number of nitrogens with zero attached hydrogens (tertiary/aromatic N) is 1. The number of aromatic nitrogens is 1. The van der Waals surface area contributed by atoms with Gasteiger partial charge in [0.25, 0.3) is 0 Å². The number of anilines is 1. The molecule has 0 aromatic carbocycles. The summed E-state index contributed by atoms with van der Waals surface area (Å²) >= 11 is 0. The number of carbonyl (C=O) groups is 1. The van der Waals surface area contributed by atoms with Gasteiger partial charge in [0, 0.05) is 5.54 Å². The van der Waals surface area contributed by atoms with Crippen molar-refractivity contribution < 1.29 is 14.1 Å². The first-order valence-corrected chi connectivity index (χ1v) is 5.26. The van der Waals surface area contributed by atoms with Crippen molar-refractivity contribution in [3.63, 3.8) is 0 Å². The van der Waals surface area contributed by atoms with Crippen LogP contribution in [0.1, 0.15) is 43.8 Å². The van der Waals surface area contributed by atoms with Gasteiger partial charge in [-0.1, -0.05) is 5.16 Å². The lowest BCUT2D eigenvalue weighted by atomic mass is 10.1. The van der Waals surface area contributed by atoms with Crippen LogP contribution in [0.5, 0.6) is 0 Å². The van der Waals surface area contributed by atoms with Crippen molar-refractivity contribution in [1.29, 1.82) is 0 Å². The van der Waals surface area contributed by atoms with E-state index < -0.39 is 5.97 Å². The molecule has 5 nitrogen and oxygen atoms in total. The number of ether oxygens (including phenoxy) is 1. The molecule has 0 saturated heterocycles. The summed E-state index contributed by atoms with van der Waals surface area (Å²) in [6.45, 7) is 9.72. The quantitative estimate of drug-likeness (QED) is 0.801. The fraction of sp³-hybridized carbons (Fsp3) is 0.636. The molecule has 1 N–H and O–H groups in total. The second kappa shape index (κ2) is 4.55. The second-order valence-corrected chi connectivity index (χ2v) is 4.56. The number of nitrogens with one attached hydrogen (secondary N) is 1. The second-order valence-electron chi connectivity index (χ2n) is 4.56. The van der Waals surface area contributed by atoms with Gasteiger partial charge in [-0.2, -0.15) is 0 Å². The van der Waals surface area contributed by atoms with E-state index in [1.165, 1.54) is 0 Å². The Bertz CT molecular complexity index is 377. The van der Waals surface area contributed by atoms with E-state index in [0.29, 0.717) is 23.7 Å². The average Bonchev–Trinajstić information content (AvgIpc) is 2.44. The Balaban J connectivity index is 2.98. The van der Waals surface area contributed by atoms with Gasteiger partial charge in [-0.25, -0.2) is 4.79 Å². The molecule has 0 bridgehead atoms. The van der Waals surface area contributed by atoms with Crippen LogP contribution >= 0.6 is 0 Å². The van der Waals surface area contributed by atoms with E-state index in [0.717, 1.165) is 0 Å². The third-order valence-corrected chi connectivity index (χ3v) is 1.84. The number of esters is 1. The molecule has 0 aliphatic carbocycles. The van der Waals surface area contributed by atoms with Crippen molar-refractivity contribution in [2.24, 2.45) is 0 Å². The van der Waals surface area contributed by atoms with Gasteiger partial charge < -0.3 is 14.6 Å². The predicted octanol–water partition coefficient (Wildman–Crippen LogP) is 2.37. The number of carbonyl (C=O) groups excluding carboxylic acids is 1. The molecule has 16 heavy (non-hydrogen) atoms. The van der Waals surface area contributed by atoms with Gasteiger partial charge in [-0.3, -0.25) is 0 Å². The first-order chi connectivity index (χ1) is 7.35. The molecule has 0 amide bonds. The molecule has 0 atom stereocenters. The zero-order valence-electron chi connectivity index (χ0n) is 10.4. The number of hydrogen-bond acceptors (Lipinski definition) is 5. The van der Waals surface area contributed by atoms with Crippen LogP contribution in [0.3, 0.4) is 0 Å². The number of rotatable bonds is 3. The minimum absolute atomic E-state index is 0.190. The Kier molecular flexibility index (Phi) is 3.57. The molecule has 1 aromatic heterocycles. The van der Waals surface area contributed by atoms with Crippen LogP contribution in [0.25, 0.3) is 0 Å². The van der Waals surface area contributed by atoms with Gasteiger partial charge in [0.05, 0.1) is 6.61 Å². The van der Waals surface area contributed by atoms with E-state index in [1.54, 1.807) is 13.8 Å². The van der Waals surface area contributed by atoms with Gasteiger partial charge in [-0.05, 0) is 34.6 Å². The molecular weight excluding hydrogens is 208 g/mol. The van der Waals surface area contributed by atoms with Gasteiger partial charge in [-0.15, -0.1) is 0 Å². The molecule has 1 aromatic rings. The zero-order valence-corrected chi connectivity index (χ0v) is 10.4. The molecule has 90 valence electrons. The summed E-state index contributed by atoms with van der Waals surface area (Å²) in [4.78, 5) is 11.7. The Morgan fingerprint density at radius 3 is 2.62 bits per heavy atom. The highest BCUT2D eigenvalue weighted by atomic mass is 16.5. The van der Waals surface area contributed by atoms with Crippen molar-refractivity contribution in [3.05, 3.63) is 11.3 Å². The maximum Gasteiger partial charge on any atom is 0.345 e. The van der Waals surface area contributed by atoms with E-state index in [4.69, 9.17) is 9.26 Å². The predicted molar refractivity (Wildman–Crippen MR) is 60.6 cm³/mol. The van der Waals surface area contributed by atoms with Crippen molar-refractivity contribution >= 4 is 11.8 Å². The van der Waals surface area contributed by atoms with Gasteiger partial charge in [0.15, 0.2) is 11.6 Å². The van der Waals surface area contributed by atoms with E-state index in [9.17, 15) is 4.79 Å². The maximum absolute atomic E-state index is 11.7. The van der Waals surface area contributed by atoms with Crippen molar-refractivity contribution in [2.45, 2.75) is 40.2 Å². The monoisotopic (exact) mass is 226 g/mol. The van der Waals surface area contributed by atoms with Crippen LogP contribution in [0.15, 0.2) is 4.52 Å². The summed E-state index contributed by atoms with van der Waals surface area (Å²) in [7, 11) is 0. The summed E-state index contributed by atoms with van der Waals surface area (Å²) in [5.74, 6) is 0.488. The van der Waals surface area contributed by atoms with E-state index in [1.807, 2.05) is 20.8 Å². The first-order valence-electron chi connectivity index (χ1n) is 5.26. The average molecular weight is 226 g/mol. The van der Waals surface area contributed by atoms with Crippen LogP contribution in [-0.4, -0.2) is 23.3 Å². The molecule has 0 unspecified atom stereocenters. The molecule has 1 rings (SSSR count). The molecule has 5 heteroatoms. The number of hydrogen-bond donors (Lipinski definition) is 1. The van der Waals surface area contributed by atoms with E-state index in [-0.39, 0.29) is 5.54 Å². The SMILES string of the molecule is CCOC(=O)c1c(NC(C)(C)C)noc1C. The topological polar surface area (TPSA) is 64.4 Å². The molecule has 0 radical (unpaired) electrons. The molecule has 0 spiro atoms. The maximum atomic E-state index is 11.7. The van der Waals surface area contributed by atoms with E-state index in [2.05, 4.69) is 10.5 Å².